The van der Waals surface area contributed by atoms with Crippen LogP contribution in [0, 0.1) is 12.8 Å². The quantitative estimate of drug-likeness (QED) is 0.591. The highest BCUT2D eigenvalue weighted by atomic mass is 16.5. The fourth-order valence-corrected chi connectivity index (χ4v) is 4.08. The van der Waals surface area contributed by atoms with Crippen LogP contribution in [0.1, 0.15) is 24.0 Å². The molecule has 0 aliphatic carbocycles. The van der Waals surface area contributed by atoms with Crippen molar-refractivity contribution in [1.82, 2.24) is 15.3 Å². The largest absolute Gasteiger partial charge is 0.497 e. The summed E-state index contributed by atoms with van der Waals surface area (Å²) < 4.78 is 10.7. The lowest BCUT2D eigenvalue weighted by molar-refractivity contribution is -0.125. The van der Waals surface area contributed by atoms with Gasteiger partial charge in [-0.1, -0.05) is 29.8 Å². The maximum Gasteiger partial charge on any atom is 0.223 e. The Hall–Kier alpha value is -3.61. The molecule has 0 spiro atoms. The predicted octanol–water partition coefficient (Wildman–Crippen LogP) is 4.00. The van der Waals surface area contributed by atoms with Crippen LogP contribution in [0.2, 0.25) is 0 Å². The van der Waals surface area contributed by atoms with Gasteiger partial charge in [0.1, 0.15) is 17.3 Å². The first-order chi connectivity index (χ1) is 16.1. The Morgan fingerprint density at radius 3 is 2.52 bits per heavy atom. The van der Waals surface area contributed by atoms with Crippen LogP contribution in [0.25, 0.3) is 11.4 Å². The summed E-state index contributed by atoms with van der Waals surface area (Å²) >= 11 is 0. The van der Waals surface area contributed by atoms with Gasteiger partial charge in [0, 0.05) is 42.9 Å². The summed E-state index contributed by atoms with van der Waals surface area (Å²) in [5, 5.41) is 3.07. The molecule has 0 radical (unpaired) electrons. The molecule has 1 saturated heterocycles. The highest BCUT2D eigenvalue weighted by Gasteiger charge is 2.26. The molecule has 33 heavy (non-hydrogen) atoms. The van der Waals surface area contributed by atoms with E-state index in [4.69, 9.17) is 14.5 Å². The third-order valence-corrected chi connectivity index (χ3v) is 6.08. The van der Waals surface area contributed by atoms with E-state index in [0.29, 0.717) is 6.54 Å². The van der Waals surface area contributed by atoms with Crippen LogP contribution in [0.15, 0.2) is 54.7 Å². The number of nitrogens with zero attached hydrogens (tertiary/aromatic N) is 3. The Morgan fingerprint density at radius 1 is 1.06 bits per heavy atom. The van der Waals surface area contributed by atoms with Crippen molar-refractivity contribution >= 4 is 11.7 Å². The van der Waals surface area contributed by atoms with E-state index in [0.717, 1.165) is 60.2 Å². The summed E-state index contributed by atoms with van der Waals surface area (Å²) in [6, 6.07) is 15.7. The number of carbonyl (C=O) groups excluding carboxylic acids is 1. The average Bonchev–Trinajstić information content (AvgIpc) is 2.87. The molecule has 0 bridgehead atoms. The Kier molecular flexibility index (Phi) is 7.07. The van der Waals surface area contributed by atoms with E-state index in [2.05, 4.69) is 34.3 Å². The number of aromatic nitrogens is 2. The van der Waals surface area contributed by atoms with Crippen LogP contribution in [-0.4, -0.2) is 43.2 Å². The smallest absolute Gasteiger partial charge is 0.223 e. The molecule has 1 fully saturated rings. The molecular formula is C26H30N4O3. The number of amides is 1. The first-order valence-electron chi connectivity index (χ1n) is 11.2. The summed E-state index contributed by atoms with van der Waals surface area (Å²) in [7, 11) is 3.25. The second-order valence-electron chi connectivity index (χ2n) is 8.26. The lowest BCUT2D eigenvalue weighted by Gasteiger charge is -2.32. The zero-order valence-corrected chi connectivity index (χ0v) is 19.4. The summed E-state index contributed by atoms with van der Waals surface area (Å²) in [5.41, 5.74) is 3.11. The summed E-state index contributed by atoms with van der Waals surface area (Å²) in [6.45, 7) is 4.04. The van der Waals surface area contributed by atoms with Gasteiger partial charge in [-0.15, -0.1) is 0 Å². The normalized spacial score (nSPS) is 14.1. The van der Waals surface area contributed by atoms with Crippen LogP contribution in [0.4, 0.5) is 5.82 Å². The minimum Gasteiger partial charge on any atom is -0.497 e. The molecule has 3 aromatic rings. The van der Waals surface area contributed by atoms with E-state index in [9.17, 15) is 4.79 Å². The van der Waals surface area contributed by atoms with Crippen molar-refractivity contribution in [2.45, 2.75) is 26.3 Å². The Bertz CT molecular complexity index is 1090. The van der Waals surface area contributed by atoms with Gasteiger partial charge in [0.25, 0.3) is 0 Å². The molecule has 172 valence electrons. The van der Waals surface area contributed by atoms with Crippen molar-refractivity contribution in [3.8, 4) is 22.9 Å². The van der Waals surface area contributed by atoms with E-state index in [1.165, 1.54) is 5.56 Å². The second-order valence-corrected chi connectivity index (χ2v) is 8.26. The van der Waals surface area contributed by atoms with E-state index in [1.807, 2.05) is 36.4 Å². The van der Waals surface area contributed by atoms with Gasteiger partial charge in [0.2, 0.25) is 5.91 Å². The monoisotopic (exact) mass is 446 g/mol. The molecular weight excluding hydrogens is 416 g/mol. The van der Waals surface area contributed by atoms with E-state index < -0.39 is 0 Å². The van der Waals surface area contributed by atoms with Crippen LogP contribution in [0.5, 0.6) is 11.5 Å². The van der Waals surface area contributed by atoms with Gasteiger partial charge >= 0.3 is 0 Å². The molecule has 4 rings (SSSR count). The maximum atomic E-state index is 12.8. The van der Waals surface area contributed by atoms with Gasteiger partial charge in [-0.05, 0) is 44.0 Å². The fraction of sp³-hybridized carbons (Fsp3) is 0.346. The average molecular weight is 447 g/mol. The molecule has 7 nitrogen and oxygen atoms in total. The predicted molar refractivity (Wildman–Crippen MR) is 129 cm³/mol. The molecule has 0 atom stereocenters. The molecule has 7 heteroatoms. The van der Waals surface area contributed by atoms with Gasteiger partial charge in [-0.3, -0.25) is 4.79 Å². The number of aryl methyl sites for hydroxylation is 1. The molecule has 1 aromatic heterocycles. The first-order valence-corrected chi connectivity index (χ1v) is 11.2. The highest BCUT2D eigenvalue weighted by Crippen LogP contribution is 2.26. The SMILES string of the molecule is COc1ccc(OC)c(CNC(=O)C2CCN(c3ccnc(-c4ccc(C)cc4)n3)CC2)c1. The van der Waals surface area contributed by atoms with E-state index in [1.54, 1.807) is 20.4 Å². The Labute approximate surface area is 194 Å². The number of rotatable bonds is 7. The number of nitrogens with one attached hydrogen (secondary N) is 1. The fourth-order valence-electron chi connectivity index (χ4n) is 4.08. The van der Waals surface area contributed by atoms with Crippen molar-refractivity contribution in [2.24, 2.45) is 5.92 Å². The lowest BCUT2D eigenvalue weighted by Crippen LogP contribution is -2.40. The molecule has 0 saturated carbocycles. The molecule has 1 aliphatic rings. The number of benzene rings is 2. The second kappa shape index (κ2) is 10.3. The lowest BCUT2D eigenvalue weighted by atomic mass is 9.95. The van der Waals surface area contributed by atoms with Crippen molar-refractivity contribution in [1.29, 1.82) is 0 Å². The third kappa shape index (κ3) is 5.42. The number of carbonyl (C=O) groups is 1. The van der Waals surface area contributed by atoms with Crippen molar-refractivity contribution in [2.75, 3.05) is 32.2 Å². The van der Waals surface area contributed by atoms with Crippen molar-refractivity contribution < 1.29 is 14.3 Å². The standard InChI is InChI=1S/C26H30N4O3/c1-18-4-6-19(7-5-18)25-27-13-10-24(29-25)30-14-11-20(12-15-30)26(31)28-17-21-16-22(32-2)8-9-23(21)33-3/h4-10,13,16,20H,11-12,14-15,17H2,1-3H3,(H,28,31). The summed E-state index contributed by atoms with van der Waals surface area (Å²) in [5.74, 6) is 3.15. The van der Waals surface area contributed by atoms with Crippen LogP contribution >= 0.6 is 0 Å². The third-order valence-electron chi connectivity index (χ3n) is 6.08. The van der Waals surface area contributed by atoms with E-state index >= 15 is 0 Å². The molecule has 1 aliphatic heterocycles. The Morgan fingerprint density at radius 2 is 1.82 bits per heavy atom. The van der Waals surface area contributed by atoms with Gasteiger partial charge in [-0.2, -0.15) is 0 Å². The minimum atomic E-state index is -0.0174. The van der Waals surface area contributed by atoms with Crippen LogP contribution in [-0.2, 0) is 11.3 Å². The van der Waals surface area contributed by atoms with Crippen LogP contribution < -0.4 is 19.7 Å². The zero-order valence-electron chi connectivity index (χ0n) is 19.4. The van der Waals surface area contributed by atoms with Gasteiger partial charge in [-0.25, -0.2) is 9.97 Å². The molecule has 1 N–H and O–H groups in total. The van der Waals surface area contributed by atoms with Crippen molar-refractivity contribution in [3.63, 3.8) is 0 Å². The van der Waals surface area contributed by atoms with Gasteiger partial charge < -0.3 is 19.7 Å². The molecule has 2 aromatic carbocycles. The summed E-state index contributed by atoms with van der Waals surface area (Å²) in [6.07, 6.45) is 3.37. The number of hydrogen-bond acceptors (Lipinski definition) is 6. The highest BCUT2D eigenvalue weighted by molar-refractivity contribution is 5.79. The molecule has 1 amide bonds. The van der Waals surface area contributed by atoms with Crippen LogP contribution in [0.3, 0.4) is 0 Å². The van der Waals surface area contributed by atoms with Gasteiger partial charge in [0.15, 0.2) is 5.82 Å². The Balaban J connectivity index is 1.34. The zero-order chi connectivity index (χ0) is 23.2. The number of piperidine rings is 1. The van der Waals surface area contributed by atoms with Gasteiger partial charge in [0.05, 0.1) is 14.2 Å². The topological polar surface area (TPSA) is 76.6 Å². The molecule has 2 heterocycles. The minimum absolute atomic E-state index is 0.0174. The number of ether oxygens (including phenoxy) is 2. The number of methoxy groups -OCH3 is 2. The van der Waals surface area contributed by atoms with Crippen molar-refractivity contribution in [3.05, 3.63) is 65.9 Å². The number of anilines is 1. The summed E-state index contributed by atoms with van der Waals surface area (Å²) in [4.78, 5) is 24.2. The molecule has 0 unspecified atom stereocenters. The maximum absolute atomic E-state index is 12.8. The first kappa shape index (κ1) is 22.6. The number of hydrogen-bond donors (Lipinski definition) is 1. The van der Waals surface area contributed by atoms with E-state index in [-0.39, 0.29) is 11.8 Å².